The summed E-state index contributed by atoms with van der Waals surface area (Å²) in [5.41, 5.74) is 1.09. The fourth-order valence-electron chi connectivity index (χ4n) is 2.78. The van der Waals surface area contributed by atoms with E-state index >= 15 is 0 Å². The monoisotopic (exact) mass is 396 g/mol. The van der Waals surface area contributed by atoms with Crippen molar-refractivity contribution >= 4 is 5.96 Å². The highest BCUT2D eigenvalue weighted by Gasteiger charge is 2.13. The fourth-order valence-corrected chi connectivity index (χ4v) is 2.78. The third-order valence-electron chi connectivity index (χ3n) is 4.72. The van der Waals surface area contributed by atoms with Gasteiger partial charge in [0.15, 0.2) is 11.8 Å². The molecule has 29 heavy (non-hydrogen) atoms. The van der Waals surface area contributed by atoms with E-state index in [1.165, 1.54) is 0 Å². The number of methoxy groups -OCH3 is 1. The smallest absolute Gasteiger partial charge is 0.192 e. The van der Waals surface area contributed by atoms with Crippen LogP contribution in [0.4, 0.5) is 0 Å². The molecule has 0 fully saturated rings. The van der Waals surface area contributed by atoms with Gasteiger partial charge < -0.3 is 24.4 Å². The van der Waals surface area contributed by atoms with Crippen molar-refractivity contribution in [3.8, 4) is 5.75 Å². The van der Waals surface area contributed by atoms with Crippen molar-refractivity contribution in [1.29, 1.82) is 0 Å². The Bertz CT molecular complexity index is 958. The maximum absolute atomic E-state index is 5.73. The van der Waals surface area contributed by atoms with Gasteiger partial charge in [0.25, 0.3) is 0 Å². The average molecular weight is 396 g/mol. The van der Waals surface area contributed by atoms with Crippen molar-refractivity contribution in [2.75, 3.05) is 7.11 Å². The highest BCUT2D eigenvalue weighted by atomic mass is 16.5. The van der Waals surface area contributed by atoms with Gasteiger partial charge in [0.05, 0.1) is 26.2 Å². The lowest BCUT2D eigenvalue weighted by Gasteiger charge is -2.17. The summed E-state index contributed by atoms with van der Waals surface area (Å²) in [7, 11) is 3.60. The first-order chi connectivity index (χ1) is 14.0. The number of aliphatic imine (C=N–C) groups is 1. The van der Waals surface area contributed by atoms with Gasteiger partial charge in [-0.05, 0) is 50.6 Å². The van der Waals surface area contributed by atoms with Crippen LogP contribution in [0.3, 0.4) is 0 Å². The second-order valence-corrected chi connectivity index (χ2v) is 6.90. The lowest BCUT2D eigenvalue weighted by atomic mass is 10.2. The van der Waals surface area contributed by atoms with Crippen LogP contribution in [0, 0.1) is 13.8 Å². The van der Waals surface area contributed by atoms with Crippen molar-refractivity contribution in [2.45, 2.75) is 39.9 Å². The number of benzene rings is 1. The van der Waals surface area contributed by atoms with Crippen LogP contribution in [0.15, 0.2) is 45.8 Å². The van der Waals surface area contributed by atoms with E-state index in [4.69, 9.17) is 14.1 Å². The molecule has 0 radical (unpaired) electrons. The predicted molar refractivity (Wildman–Crippen MR) is 112 cm³/mol. The van der Waals surface area contributed by atoms with E-state index in [2.05, 4.69) is 20.8 Å². The molecule has 2 N–H and O–H groups in total. The molecule has 1 aromatic carbocycles. The van der Waals surface area contributed by atoms with Crippen LogP contribution in [-0.2, 0) is 20.1 Å². The van der Waals surface area contributed by atoms with E-state index in [1.54, 1.807) is 7.11 Å². The third-order valence-corrected chi connectivity index (χ3v) is 4.72. The van der Waals surface area contributed by atoms with E-state index in [9.17, 15) is 0 Å². The summed E-state index contributed by atoms with van der Waals surface area (Å²) in [5, 5.41) is 15.0. The van der Waals surface area contributed by atoms with E-state index in [0.717, 1.165) is 34.5 Å². The van der Waals surface area contributed by atoms with E-state index in [1.807, 2.05) is 68.8 Å². The highest BCUT2D eigenvalue weighted by molar-refractivity contribution is 5.80. The molecular formula is C21H28N6O2. The van der Waals surface area contributed by atoms with Gasteiger partial charge in [0, 0.05) is 7.05 Å². The molecule has 0 saturated carbocycles. The molecule has 154 valence electrons. The van der Waals surface area contributed by atoms with Crippen LogP contribution < -0.4 is 15.4 Å². The van der Waals surface area contributed by atoms with Crippen LogP contribution in [0.1, 0.15) is 41.7 Å². The number of ether oxygens (including phenoxy) is 1. The number of guanidine groups is 1. The molecule has 0 bridgehead atoms. The Hall–Kier alpha value is -3.29. The topological polar surface area (TPSA) is 89.5 Å². The van der Waals surface area contributed by atoms with Gasteiger partial charge in [-0.3, -0.25) is 0 Å². The summed E-state index contributed by atoms with van der Waals surface area (Å²) >= 11 is 0. The van der Waals surface area contributed by atoms with Crippen molar-refractivity contribution in [3.05, 3.63) is 65.1 Å². The minimum absolute atomic E-state index is 0.0351. The summed E-state index contributed by atoms with van der Waals surface area (Å²) in [6.45, 7) is 6.93. The third kappa shape index (κ3) is 5.37. The molecule has 0 spiro atoms. The Morgan fingerprint density at radius 2 is 1.93 bits per heavy atom. The summed E-state index contributed by atoms with van der Waals surface area (Å²) in [6.07, 6.45) is 0. The Kier molecular flexibility index (Phi) is 6.54. The van der Waals surface area contributed by atoms with Crippen LogP contribution in [0.25, 0.3) is 0 Å². The number of nitrogens with one attached hydrogen (secondary N) is 2. The van der Waals surface area contributed by atoms with E-state index in [0.29, 0.717) is 19.0 Å². The molecule has 0 aliphatic rings. The quantitative estimate of drug-likeness (QED) is 0.471. The van der Waals surface area contributed by atoms with Crippen LogP contribution in [0.2, 0.25) is 0 Å². The van der Waals surface area contributed by atoms with Gasteiger partial charge in [-0.25, -0.2) is 4.99 Å². The minimum atomic E-state index is -0.0351. The van der Waals surface area contributed by atoms with Gasteiger partial charge >= 0.3 is 0 Å². The predicted octanol–water partition coefficient (Wildman–Crippen LogP) is 3.03. The first-order valence-corrected chi connectivity index (χ1v) is 9.55. The van der Waals surface area contributed by atoms with Crippen LogP contribution in [-0.4, -0.2) is 27.8 Å². The Morgan fingerprint density at radius 1 is 1.17 bits per heavy atom. The molecule has 0 amide bonds. The molecule has 1 unspecified atom stereocenters. The molecule has 0 saturated heterocycles. The molecule has 0 aliphatic heterocycles. The maximum atomic E-state index is 5.73. The average Bonchev–Trinajstić information content (AvgIpc) is 3.30. The largest absolute Gasteiger partial charge is 0.497 e. The maximum Gasteiger partial charge on any atom is 0.192 e. The SMILES string of the molecule is COc1ccc(CN=C(NCc2nnc(C)n2C)NC(C)c2ccc(C)o2)cc1. The van der Waals surface area contributed by atoms with Crippen LogP contribution in [0.5, 0.6) is 5.75 Å². The number of furan rings is 1. The summed E-state index contributed by atoms with van der Waals surface area (Å²) < 4.78 is 12.9. The van der Waals surface area contributed by atoms with Crippen LogP contribution >= 0.6 is 0 Å². The van der Waals surface area contributed by atoms with Crippen molar-refractivity contribution in [2.24, 2.45) is 12.0 Å². The highest BCUT2D eigenvalue weighted by Crippen LogP contribution is 2.16. The summed E-state index contributed by atoms with van der Waals surface area (Å²) in [4.78, 5) is 4.73. The van der Waals surface area contributed by atoms with Gasteiger partial charge in [0.1, 0.15) is 23.1 Å². The van der Waals surface area contributed by atoms with Crippen molar-refractivity contribution < 1.29 is 9.15 Å². The molecular weight excluding hydrogens is 368 g/mol. The Labute approximate surface area is 171 Å². The Morgan fingerprint density at radius 3 is 2.52 bits per heavy atom. The van der Waals surface area contributed by atoms with Gasteiger partial charge in [-0.15, -0.1) is 10.2 Å². The molecule has 0 aliphatic carbocycles. The van der Waals surface area contributed by atoms with Crippen molar-refractivity contribution in [3.63, 3.8) is 0 Å². The number of rotatable bonds is 7. The zero-order valence-electron chi connectivity index (χ0n) is 17.6. The molecule has 8 heteroatoms. The molecule has 3 rings (SSSR count). The molecule has 1 atom stereocenters. The lowest BCUT2D eigenvalue weighted by Crippen LogP contribution is -2.39. The molecule has 2 heterocycles. The number of hydrogen-bond donors (Lipinski definition) is 2. The van der Waals surface area contributed by atoms with Gasteiger partial charge in [0.2, 0.25) is 0 Å². The normalized spacial score (nSPS) is 12.7. The number of hydrogen-bond acceptors (Lipinski definition) is 5. The lowest BCUT2D eigenvalue weighted by molar-refractivity contribution is 0.414. The second-order valence-electron chi connectivity index (χ2n) is 6.90. The fraction of sp³-hybridized carbons (Fsp3) is 0.381. The second kappa shape index (κ2) is 9.27. The molecule has 8 nitrogen and oxygen atoms in total. The number of nitrogens with zero attached hydrogens (tertiary/aromatic N) is 4. The van der Waals surface area contributed by atoms with Crippen molar-refractivity contribution in [1.82, 2.24) is 25.4 Å². The van der Waals surface area contributed by atoms with Gasteiger partial charge in [-0.1, -0.05) is 12.1 Å². The Balaban J connectivity index is 1.72. The van der Waals surface area contributed by atoms with E-state index < -0.39 is 0 Å². The standard InChI is InChI=1S/C21H28N6O2/c1-14-6-11-19(29-14)15(2)24-21(23-13-20-26-25-16(3)27(20)4)22-12-17-7-9-18(28-5)10-8-17/h6-11,15H,12-13H2,1-5H3,(H2,22,23,24). The molecule has 3 aromatic rings. The minimum Gasteiger partial charge on any atom is -0.497 e. The summed E-state index contributed by atoms with van der Waals surface area (Å²) in [6, 6.07) is 11.8. The first kappa shape index (κ1) is 20.4. The number of aryl methyl sites for hydroxylation is 2. The summed E-state index contributed by atoms with van der Waals surface area (Å²) in [5.74, 6) is 4.94. The van der Waals surface area contributed by atoms with Gasteiger partial charge in [-0.2, -0.15) is 0 Å². The number of aromatic nitrogens is 3. The molecule has 2 aromatic heterocycles. The zero-order valence-corrected chi connectivity index (χ0v) is 17.6. The van der Waals surface area contributed by atoms with E-state index in [-0.39, 0.29) is 6.04 Å². The first-order valence-electron chi connectivity index (χ1n) is 9.55. The zero-order chi connectivity index (χ0) is 20.8.